The minimum Gasteiger partial charge on any atom is -0.378 e. The molecule has 0 atom stereocenters. The average molecular weight is 371 g/mol. The normalized spacial score (nSPS) is 10.9. The molecule has 2 heterocycles. The molecule has 0 aliphatic heterocycles. The molecule has 0 fully saturated rings. The van der Waals surface area contributed by atoms with Crippen LogP contribution in [0.25, 0.3) is 11.0 Å². The molecule has 6 nitrogen and oxygen atoms in total. The summed E-state index contributed by atoms with van der Waals surface area (Å²) in [4.78, 5) is 16.6. The molecular weight excluding hydrogens is 350 g/mol. The fourth-order valence-corrected chi connectivity index (χ4v) is 3.13. The number of imidazole rings is 1. The first-order valence-electron chi connectivity index (χ1n) is 9.14. The van der Waals surface area contributed by atoms with Crippen LogP contribution in [0.1, 0.15) is 15.9 Å². The number of carbonyl (C=O) groups is 1. The summed E-state index contributed by atoms with van der Waals surface area (Å²) in [6.07, 6.45) is 7.60. The number of nitrogen functional groups attached to an aromatic ring is 1. The molecular formula is C22H21N5O+. The molecule has 139 valence electrons. The van der Waals surface area contributed by atoms with Crippen molar-refractivity contribution in [3.8, 4) is 0 Å². The quantitative estimate of drug-likeness (QED) is 0.297. The fourth-order valence-electron chi connectivity index (χ4n) is 3.13. The Bertz CT molecular complexity index is 1100. The van der Waals surface area contributed by atoms with E-state index in [1.165, 1.54) is 0 Å². The lowest BCUT2D eigenvalue weighted by atomic mass is 10.1. The van der Waals surface area contributed by atoms with Crippen LogP contribution in [-0.2, 0) is 13.0 Å². The first-order valence-corrected chi connectivity index (χ1v) is 9.14. The van der Waals surface area contributed by atoms with Crippen molar-refractivity contribution >= 4 is 22.5 Å². The second-order valence-corrected chi connectivity index (χ2v) is 6.62. The number of Topliss-reactive ketones (excluding diaryl/α,β-unsaturated/α-hetero) is 1. The number of fused-ring (bicyclic) bond motifs is 1. The predicted molar refractivity (Wildman–Crippen MR) is 108 cm³/mol. The molecule has 4 aromatic rings. The number of aryl methyl sites for hydroxylation is 2. The molecule has 0 bridgehead atoms. The number of pyridine rings is 1. The highest BCUT2D eigenvalue weighted by Crippen LogP contribution is 2.18. The van der Waals surface area contributed by atoms with Crippen LogP contribution in [0.5, 0.6) is 0 Å². The van der Waals surface area contributed by atoms with Gasteiger partial charge in [0.1, 0.15) is 0 Å². The third-order valence-corrected chi connectivity index (χ3v) is 4.61. The maximum absolute atomic E-state index is 12.2. The predicted octanol–water partition coefficient (Wildman–Crippen LogP) is 2.38. The van der Waals surface area contributed by atoms with Crippen molar-refractivity contribution in [1.29, 1.82) is 0 Å². The summed E-state index contributed by atoms with van der Waals surface area (Å²) in [6, 6.07) is 19.2. The molecule has 28 heavy (non-hydrogen) atoms. The van der Waals surface area contributed by atoms with E-state index < -0.39 is 0 Å². The molecule has 4 rings (SSSR count). The van der Waals surface area contributed by atoms with Gasteiger partial charge in [0.15, 0.2) is 18.3 Å². The number of aromatic nitrogens is 3. The van der Waals surface area contributed by atoms with Crippen LogP contribution < -0.4 is 15.8 Å². The lowest BCUT2D eigenvalue weighted by Crippen LogP contribution is -2.43. The molecule has 0 saturated carbocycles. The number of ketones is 1. The average Bonchev–Trinajstić information content (AvgIpc) is 3.13. The Morgan fingerprint density at radius 3 is 2.82 bits per heavy atom. The molecule has 0 amide bonds. The van der Waals surface area contributed by atoms with Crippen LogP contribution in [0.15, 0.2) is 73.1 Å². The van der Waals surface area contributed by atoms with Gasteiger partial charge in [0, 0.05) is 29.4 Å². The highest BCUT2D eigenvalue weighted by atomic mass is 16.1. The van der Waals surface area contributed by atoms with Gasteiger partial charge in [-0.2, -0.15) is 0 Å². The van der Waals surface area contributed by atoms with E-state index in [2.05, 4.69) is 16.6 Å². The van der Waals surface area contributed by atoms with Crippen molar-refractivity contribution < 1.29 is 9.47 Å². The third kappa shape index (κ3) is 4.01. The number of nitrogens with two attached hydrogens (primary N) is 1. The number of nitrogens with one attached hydrogen (secondary N) is 1. The SMILES string of the molecule is N[n+]1cccc(CCn2[c]nc3cc(NCC(=O)c4ccccc4)ccc32)c1. The number of rotatable bonds is 7. The van der Waals surface area contributed by atoms with Crippen molar-refractivity contribution in [3.05, 3.63) is 90.5 Å². The first-order chi connectivity index (χ1) is 13.7. The number of benzene rings is 2. The minimum absolute atomic E-state index is 0.0535. The molecule has 1 radical (unpaired) electrons. The smallest absolute Gasteiger partial charge is 0.202 e. The van der Waals surface area contributed by atoms with E-state index in [0.717, 1.165) is 35.2 Å². The van der Waals surface area contributed by atoms with Crippen LogP contribution >= 0.6 is 0 Å². The second kappa shape index (κ2) is 7.92. The molecule has 3 N–H and O–H groups in total. The number of hydrogen-bond acceptors (Lipinski definition) is 4. The van der Waals surface area contributed by atoms with Crippen molar-refractivity contribution in [2.75, 3.05) is 17.7 Å². The standard InChI is InChI=1S/C22H21N5O/c23-27-11-4-5-17(15-27)10-12-26-16-25-20-13-19(8-9-21(20)26)24-14-22(28)18-6-2-1-3-7-18/h1-9,11,13,15,24H,10,12,14,23H2/q+1. The Kier molecular flexibility index (Phi) is 5.01. The van der Waals surface area contributed by atoms with Crippen LogP contribution in [0.2, 0.25) is 0 Å². The Morgan fingerprint density at radius 1 is 1.14 bits per heavy atom. The molecule has 0 spiro atoms. The van der Waals surface area contributed by atoms with E-state index in [9.17, 15) is 4.79 Å². The van der Waals surface area contributed by atoms with E-state index in [1.807, 2.05) is 71.4 Å². The monoisotopic (exact) mass is 371 g/mol. The number of anilines is 1. The van der Waals surface area contributed by atoms with Gasteiger partial charge in [-0.05, 0) is 30.7 Å². The van der Waals surface area contributed by atoms with E-state index in [4.69, 9.17) is 5.84 Å². The Labute approximate surface area is 163 Å². The molecule has 2 aromatic carbocycles. The lowest BCUT2D eigenvalue weighted by Gasteiger charge is -2.07. The summed E-state index contributed by atoms with van der Waals surface area (Å²) in [6.45, 7) is 1.01. The summed E-state index contributed by atoms with van der Waals surface area (Å²) < 4.78 is 3.56. The van der Waals surface area contributed by atoms with Gasteiger partial charge in [-0.1, -0.05) is 35.0 Å². The van der Waals surface area contributed by atoms with Crippen molar-refractivity contribution in [3.63, 3.8) is 0 Å². The van der Waals surface area contributed by atoms with Gasteiger partial charge in [0.2, 0.25) is 6.20 Å². The van der Waals surface area contributed by atoms with Crippen LogP contribution in [-0.4, -0.2) is 21.9 Å². The Morgan fingerprint density at radius 2 is 2.00 bits per heavy atom. The molecule has 0 aliphatic carbocycles. The molecule has 0 saturated heterocycles. The first kappa shape index (κ1) is 17.7. The van der Waals surface area contributed by atoms with E-state index in [1.54, 1.807) is 10.9 Å². The lowest BCUT2D eigenvalue weighted by molar-refractivity contribution is -0.639. The summed E-state index contributed by atoms with van der Waals surface area (Å²) in [5, 5.41) is 3.18. The summed E-state index contributed by atoms with van der Waals surface area (Å²) in [5.41, 5.74) is 4.57. The van der Waals surface area contributed by atoms with E-state index >= 15 is 0 Å². The van der Waals surface area contributed by atoms with Gasteiger partial charge in [-0.15, -0.1) is 0 Å². The highest BCUT2D eigenvalue weighted by Gasteiger charge is 2.08. The van der Waals surface area contributed by atoms with Crippen LogP contribution in [0.4, 0.5) is 5.69 Å². The van der Waals surface area contributed by atoms with Gasteiger partial charge in [0.25, 0.3) is 0 Å². The van der Waals surface area contributed by atoms with Crippen molar-refractivity contribution in [2.45, 2.75) is 13.0 Å². The van der Waals surface area contributed by atoms with Gasteiger partial charge in [-0.3, -0.25) is 4.79 Å². The largest absolute Gasteiger partial charge is 0.378 e. The number of carbonyl (C=O) groups excluding carboxylic acids is 1. The van der Waals surface area contributed by atoms with Crippen LogP contribution in [0, 0.1) is 6.33 Å². The van der Waals surface area contributed by atoms with Gasteiger partial charge < -0.3 is 9.88 Å². The van der Waals surface area contributed by atoms with Crippen molar-refractivity contribution in [2.24, 2.45) is 0 Å². The zero-order valence-electron chi connectivity index (χ0n) is 15.4. The molecule has 6 heteroatoms. The maximum Gasteiger partial charge on any atom is 0.202 e. The van der Waals surface area contributed by atoms with Crippen molar-refractivity contribution in [1.82, 2.24) is 9.55 Å². The fraction of sp³-hybridized carbons (Fsp3) is 0.136. The molecule has 0 aliphatic rings. The van der Waals surface area contributed by atoms with Gasteiger partial charge >= 0.3 is 0 Å². The number of nitrogens with zero attached hydrogens (tertiary/aromatic N) is 3. The highest BCUT2D eigenvalue weighted by molar-refractivity contribution is 5.99. The molecule has 0 unspecified atom stereocenters. The number of hydrogen-bond donors (Lipinski definition) is 2. The zero-order chi connectivity index (χ0) is 19.3. The zero-order valence-corrected chi connectivity index (χ0v) is 15.4. The maximum atomic E-state index is 12.2. The topological polar surface area (TPSA) is 76.8 Å². The third-order valence-electron chi connectivity index (χ3n) is 4.61. The van der Waals surface area contributed by atoms with Gasteiger partial charge in [0.05, 0.1) is 17.6 Å². The Balaban J connectivity index is 1.42. The van der Waals surface area contributed by atoms with E-state index in [0.29, 0.717) is 5.56 Å². The van der Waals surface area contributed by atoms with E-state index in [-0.39, 0.29) is 12.3 Å². The summed E-state index contributed by atoms with van der Waals surface area (Å²) in [5.74, 6) is 5.81. The summed E-state index contributed by atoms with van der Waals surface area (Å²) in [7, 11) is 0. The Hall–Kier alpha value is -3.67. The van der Waals surface area contributed by atoms with Gasteiger partial charge in [-0.25, -0.2) is 10.8 Å². The second-order valence-electron chi connectivity index (χ2n) is 6.62. The molecule has 2 aromatic heterocycles. The summed E-state index contributed by atoms with van der Waals surface area (Å²) >= 11 is 0. The minimum atomic E-state index is 0.0535. The van der Waals surface area contributed by atoms with Crippen LogP contribution in [0.3, 0.4) is 0 Å².